The van der Waals surface area contributed by atoms with Crippen molar-refractivity contribution >= 4 is 11.5 Å². The van der Waals surface area contributed by atoms with Crippen molar-refractivity contribution in [2.24, 2.45) is 0 Å². The largest absolute Gasteiger partial charge is 0.332 e. The number of aryl methyl sites for hydroxylation is 1. The van der Waals surface area contributed by atoms with Gasteiger partial charge in [0.2, 0.25) is 0 Å². The van der Waals surface area contributed by atoms with Gasteiger partial charge in [-0.1, -0.05) is 18.2 Å². The van der Waals surface area contributed by atoms with E-state index in [1.165, 1.54) is 6.07 Å². The molecule has 4 rings (SSSR count). The molecule has 1 N–H and O–H groups in total. The molecule has 0 saturated carbocycles. The van der Waals surface area contributed by atoms with E-state index in [1.54, 1.807) is 12.1 Å². The maximum atomic E-state index is 13.4. The predicted octanol–water partition coefficient (Wildman–Crippen LogP) is 3.70. The number of fused-ring (bicyclic) bond motifs is 1. The topological polar surface area (TPSA) is 49.6 Å². The zero-order chi connectivity index (χ0) is 18.8. The number of pyridine rings is 1. The van der Waals surface area contributed by atoms with Gasteiger partial charge in [0.1, 0.15) is 11.6 Å². The number of imidazole rings is 1. The molecule has 0 radical (unpaired) electrons. The lowest BCUT2D eigenvalue weighted by atomic mass is 10.0. The molecule has 5 nitrogen and oxygen atoms in total. The number of carbonyl (C=O) groups is 1. The third kappa shape index (κ3) is 3.65. The summed E-state index contributed by atoms with van der Waals surface area (Å²) in [7, 11) is 0. The zero-order valence-corrected chi connectivity index (χ0v) is 15.4. The fourth-order valence-corrected chi connectivity index (χ4v) is 3.91. The van der Waals surface area contributed by atoms with E-state index in [-0.39, 0.29) is 17.9 Å². The van der Waals surface area contributed by atoms with Crippen LogP contribution in [0.1, 0.15) is 29.9 Å². The summed E-state index contributed by atoms with van der Waals surface area (Å²) in [6.07, 6.45) is 4.56. The average Bonchev–Trinajstić information content (AvgIpc) is 3.25. The summed E-state index contributed by atoms with van der Waals surface area (Å²) in [5.41, 5.74) is 2.80. The minimum Gasteiger partial charge on any atom is -0.332 e. The van der Waals surface area contributed by atoms with Crippen molar-refractivity contribution in [3.8, 4) is 0 Å². The highest BCUT2D eigenvalue weighted by atomic mass is 19.1. The third-order valence-electron chi connectivity index (χ3n) is 5.21. The fourth-order valence-electron chi connectivity index (χ4n) is 3.91. The zero-order valence-electron chi connectivity index (χ0n) is 15.4. The maximum absolute atomic E-state index is 13.4. The predicted molar refractivity (Wildman–Crippen MR) is 102 cm³/mol. The summed E-state index contributed by atoms with van der Waals surface area (Å²) in [6.45, 7) is 3.08. The molecule has 2 aromatic heterocycles. The van der Waals surface area contributed by atoms with Crippen LogP contribution in [0.5, 0.6) is 0 Å². The average molecular weight is 366 g/mol. The molecule has 1 unspecified atom stereocenters. The number of halogens is 1. The molecule has 1 fully saturated rings. The molecule has 1 saturated heterocycles. The molecule has 3 heterocycles. The summed E-state index contributed by atoms with van der Waals surface area (Å²) in [5.74, 6) is 0.670. The van der Waals surface area contributed by atoms with Crippen LogP contribution < -0.4 is 5.32 Å². The molecule has 1 aromatic carbocycles. The van der Waals surface area contributed by atoms with Crippen LogP contribution in [0.3, 0.4) is 0 Å². The molecule has 0 bridgehead atoms. The minimum atomic E-state index is -0.233. The second kappa shape index (κ2) is 7.39. The Bertz CT molecular complexity index is 968. The van der Waals surface area contributed by atoms with Crippen molar-refractivity contribution in [1.82, 2.24) is 19.6 Å². The molecule has 3 aromatic rings. The van der Waals surface area contributed by atoms with Gasteiger partial charge in [-0.15, -0.1) is 0 Å². The van der Waals surface area contributed by atoms with E-state index >= 15 is 0 Å². The first-order valence-electron chi connectivity index (χ1n) is 9.33. The molecule has 2 amide bonds. The number of aromatic nitrogens is 2. The number of hydrogen-bond acceptors (Lipinski definition) is 2. The number of hydrogen-bond donors (Lipinski definition) is 1. The van der Waals surface area contributed by atoms with Crippen molar-refractivity contribution in [3.63, 3.8) is 0 Å². The van der Waals surface area contributed by atoms with Gasteiger partial charge in [0.15, 0.2) is 0 Å². The van der Waals surface area contributed by atoms with Gasteiger partial charge >= 0.3 is 6.03 Å². The molecular formula is C21H23FN4O. The SMILES string of the molecule is Cc1nc(CNC(=O)N2CCCC2Cc2cccc(F)c2)c2ccccn12. The number of likely N-dealkylation sites (tertiary alicyclic amines) is 1. The summed E-state index contributed by atoms with van der Waals surface area (Å²) >= 11 is 0. The van der Waals surface area contributed by atoms with Crippen LogP contribution in [0.25, 0.3) is 5.52 Å². The lowest BCUT2D eigenvalue weighted by Crippen LogP contribution is -2.43. The number of urea groups is 1. The van der Waals surface area contributed by atoms with E-state index in [0.29, 0.717) is 13.0 Å². The Hall–Kier alpha value is -2.89. The van der Waals surface area contributed by atoms with Crippen LogP contribution in [-0.4, -0.2) is 32.9 Å². The Labute approximate surface area is 157 Å². The number of rotatable bonds is 4. The maximum Gasteiger partial charge on any atom is 0.317 e. The lowest BCUT2D eigenvalue weighted by molar-refractivity contribution is 0.192. The number of benzene rings is 1. The number of carbonyl (C=O) groups excluding carboxylic acids is 1. The van der Waals surface area contributed by atoms with Gasteiger partial charge in [0.25, 0.3) is 0 Å². The Morgan fingerprint density at radius 3 is 3.04 bits per heavy atom. The van der Waals surface area contributed by atoms with E-state index in [9.17, 15) is 9.18 Å². The number of amides is 2. The van der Waals surface area contributed by atoms with Crippen molar-refractivity contribution in [2.75, 3.05) is 6.54 Å². The number of nitrogens with zero attached hydrogens (tertiary/aromatic N) is 3. The fraction of sp³-hybridized carbons (Fsp3) is 0.333. The molecule has 0 aliphatic carbocycles. The third-order valence-corrected chi connectivity index (χ3v) is 5.21. The Kier molecular flexibility index (Phi) is 4.79. The van der Waals surface area contributed by atoms with Crippen LogP contribution in [0.2, 0.25) is 0 Å². The normalized spacial score (nSPS) is 16.8. The monoisotopic (exact) mass is 366 g/mol. The van der Waals surface area contributed by atoms with Crippen LogP contribution in [-0.2, 0) is 13.0 Å². The Balaban J connectivity index is 1.42. The van der Waals surface area contributed by atoms with Crippen LogP contribution in [0, 0.1) is 12.7 Å². The highest BCUT2D eigenvalue weighted by Crippen LogP contribution is 2.22. The van der Waals surface area contributed by atoms with Gasteiger partial charge in [-0.2, -0.15) is 0 Å². The van der Waals surface area contributed by atoms with Gasteiger partial charge in [-0.3, -0.25) is 0 Å². The highest BCUT2D eigenvalue weighted by Gasteiger charge is 2.29. The van der Waals surface area contributed by atoms with Crippen molar-refractivity contribution in [1.29, 1.82) is 0 Å². The summed E-state index contributed by atoms with van der Waals surface area (Å²) in [4.78, 5) is 19.2. The van der Waals surface area contributed by atoms with Gasteiger partial charge in [-0.05, 0) is 56.0 Å². The smallest absolute Gasteiger partial charge is 0.317 e. The van der Waals surface area contributed by atoms with Crippen LogP contribution in [0.4, 0.5) is 9.18 Å². The first-order chi connectivity index (χ1) is 13.1. The molecular weight excluding hydrogens is 343 g/mol. The first kappa shape index (κ1) is 17.5. The lowest BCUT2D eigenvalue weighted by Gasteiger charge is -2.25. The Morgan fingerprint density at radius 2 is 2.19 bits per heavy atom. The molecule has 1 atom stereocenters. The number of nitrogens with one attached hydrogen (secondary N) is 1. The molecule has 140 valence electrons. The summed E-state index contributed by atoms with van der Waals surface area (Å²) in [6, 6.07) is 12.6. The van der Waals surface area contributed by atoms with Gasteiger partial charge in [0, 0.05) is 18.8 Å². The second-order valence-electron chi connectivity index (χ2n) is 7.04. The molecule has 27 heavy (non-hydrogen) atoms. The van der Waals surface area contributed by atoms with Gasteiger partial charge in [-0.25, -0.2) is 14.2 Å². The highest BCUT2D eigenvalue weighted by molar-refractivity contribution is 5.75. The van der Waals surface area contributed by atoms with Gasteiger partial charge < -0.3 is 14.6 Å². The Morgan fingerprint density at radius 1 is 1.30 bits per heavy atom. The summed E-state index contributed by atoms with van der Waals surface area (Å²) in [5, 5.41) is 3.01. The van der Waals surface area contributed by atoms with E-state index in [1.807, 2.05) is 46.7 Å². The van der Waals surface area contributed by atoms with Crippen LogP contribution >= 0.6 is 0 Å². The summed E-state index contributed by atoms with van der Waals surface area (Å²) < 4.78 is 15.5. The molecule has 0 spiro atoms. The minimum absolute atomic E-state index is 0.0800. The van der Waals surface area contributed by atoms with Crippen molar-refractivity contribution in [2.45, 2.75) is 38.8 Å². The van der Waals surface area contributed by atoms with E-state index in [2.05, 4.69) is 10.3 Å². The van der Waals surface area contributed by atoms with Crippen molar-refractivity contribution < 1.29 is 9.18 Å². The quantitative estimate of drug-likeness (QED) is 0.765. The molecule has 1 aliphatic rings. The second-order valence-corrected chi connectivity index (χ2v) is 7.04. The van der Waals surface area contributed by atoms with E-state index in [0.717, 1.165) is 42.0 Å². The van der Waals surface area contributed by atoms with E-state index in [4.69, 9.17) is 0 Å². The van der Waals surface area contributed by atoms with Crippen molar-refractivity contribution in [3.05, 3.63) is 71.6 Å². The first-order valence-corrected chi connectivity index (χ1v) is 9.33. The van der Waals surface area contributed by atoms with Crippen LogP contribution in [0.15, 0.2) is 48.7 Å². The molecule has 1 aliphatic heterocycles. The standard InChI is InChI=1S/C21H23FN4O/c1-15-24-19(20-9-2-3-10-25(15)20)14-23-21(27)26-11-5-8-18(26)13-16-6-4-7-17(22)12-16/h2-4,6-7,9-10,12,18H,5,8,11,13-14H2,1H3,(H,23,27). The van der Waals surface area contributed by atoms with Gasteiger partial charge in [0.05, 0.1) is 17.8 Å². The van der Waals surface area contributed by atoms with E-state index < -0.39 is 0 Å². The molecule has 6 heteroatoms.